The summed E-state index contributed by atoms with van der Waals surface area (Å²) in [6.45, 7) is 2.61. The molecule has 0 saturated heterocycles. The number of nitrogens with one attached hydrogen (secondary N) is 2. The van der Waals surface area contributed by atoms with Crippen LogP contribution in [0.5, 0.6) is 11.5 Å². The van der Waals surface area contributed by atoms with Crippen molar-refractivity contribution in [2.24, 2.45) is 0 Å². The van der Waals surface area contributed by atoms with Crippen molar-refractivity contribution >= 4 is 17.5 Å². The van der Waals surface area contributed by atoms with E-state index in [1.165, 1.54) is 14.2 Å². The van der Waals surface area contributed by atoms with Crippen LogP contribution in [0.25, 0.3) is 0 Å². The maximum atomic E-state index is 12.8. The van der Waals surface area contributed by atoms with Gasteiger partial charge in [0.2, 0.25) is 0 Å². The molecule has 0 aliphatic heterocycles. The van der Waals surface area contributed by atoms with E-state index in [2.05, 4.69) is 10.6 Å². The van der Waals surface area contributed by atoms with E-state index in [9.17, 15) is 9.59 Å². The van der Waals surface area contributed by atoms with E-state index < -0.39 is 0 Å². The highest BCUT2D eigenvalue weighted by Gasteiger charge is 2.20. The van der Waals surface area contributed by atoms with E-state index in [0.29, 0.717) is 41.5 Å². The van der Waals surface area contributed by atoms with Crippen LogP contribution >= 0.6 is 0 Å². The molecule has 2 amide bonds. The quantitative estimate of drug-likeness (QED) is 0.696. The Balaban J connectivity index is 2.27. The summed E-state index contributed by atoms with van der Waals surface area (Å²) in [5, 5.41) is 5.61. The lowest BCUT2D eigenvalue weighted by atomic mass is 10.1. The molecule has 7 nitrogen and oxygen atoms in total. The standard InChI is InChI=1S/C20H24N2O5/c1-13-14(19(23)21-11-12-25-2)7-5-8-15(13)22-20(24)18-16(26-3)9-6-10-17(18)27-4/h5-10H,11-12H2,1-4H3,(H,21,23)(H,22,24). The van der Waals surface area contributed by atoms with Gasteiger partial charge in [0.15, 0.2) is 0 Å². The molecule has 0 unspecified atom stereocenters. The smallest absolute Gasteiger partial charge is 0.263 e. The Morgan fingerprint density at radius 1 is 0.926 bits per heavy atom. The van der Waals surface area contributed by atoms with Gasteiger partial charge >= 0.3 is 0 Å². The fourth-order valence-corrected chi connectivity index (χ4v) is 2.64. The summed E-state index contributed by atoms with van der Waals surface area (Å²) in [4.78, 5) is 25.2. The van der Waals surface area contributed by atoms with Gasteiger partial charge in [-0.3, -0.25) is 9.59 Å². The fraction of sp³-hybridized carbons (Fsp3) is 0.300. The van der Waals surface area contributed by atoms with Crippen molar-refractivity contribution in [2.75, 3.05) is 39.8 Å². The zero-order chi connectivity index (χ0) is 19.8. The van der Waals surface area contributed by atoms with E-state index in [4.69, 9.17) is 14.2 Å². The minimum Gasteiger partial charge on any atom is -0.496 e. The second-order valence-corrected chi connectivity index (χ2v) is 5.72. The molecule has 2 aromatic rings. The Morgan fingerprint density at radius 3 is 2.15 bits per heavy atom. The molecule has 7 heteroatoms. The monoisotopic (exact) mass is 372 g/mol. The molecule has 0 fully saturated rings. The van der Waals surface area contributed by atoms with E-state index in [0.717, 1.165) is 0 Å². The number of amides is 2. The SMILES string of the molecule is COCCNC(=O)c1cccc(NC(=O)c2c(OC)cccc2OC)c1C. The highest BCUT2D eigenvalue weighted by molar-refractivity contribution is 6.09. The molecule has 2 rings (SSSR count). The zero-order valence-corrected chi connectivity index (χ0v) is 15.9. The first kappa shape index (κ1) is 20.3. The lowest BCUT2D eigenvalue weighted by molar-refractivity contribution is 0.0935. The lowest BCUT2D eigenvalue weighted by Crippen LogP contribution is -2.27. The lowest BCUT2D eigenvalue weighted by Gasteiger charge is -2.15. The van der Waals surface area contributed by atoms with Crippen LogP contribution in [0.2, 0.25) is 0 Å². The molecular formula is C20H24N2O5. The molecule has 2 N–H and O–H groups in total. The molecule has 0 bridgehead atoms. The highest BCUT2D eigenvalue weighted by atomic mass is 16.5. The molecule has 0 spiro atoms. The second-order valence-electron chi connectivity index (χ2n) is 5.72. The molecule has 0 radical (unpaired) electrons. The summed E-state index contributed by atoms with van der Waals surface area (Å²) in [6.07, 6.45) is 0. The second kappa shape index (κ2) is 9.59. The Labute approximate surface area is 158 Å². The van der Waals surface area contributed by atoms with Gasteiger partial charge in [-0.15, -0.1) is 0 Å². The minimum atomic E-state index is -0.385. The number of carbonyl (C=O) groups excluding carboxylic acids is 2. The predicted molar refractivity (Wildman–Crippen MR) is 103 cm³/mol. The van der Waals surface area contributed by atoms with Gasteiger partial charge in [-0.25, -0.2) is 0 Å². The molecule has 2 aromatic carbocycles. The highest BCUT2D eigenvalue weighted by Crippen LogP contribution is 2.29. The summed E-state index contributed by atoms with van der Waals surface area (Å²) >= 11 is 0. The van der Waals surface area contributed by atoms with E-state index >= 15 is 0 Å². The van der Waals surface area contributed by atoms with E-state index in [1.807, 2.05) is 0 Å². The minimum absolute atomic E-state index is 0.226. The molecule has 0 aromatic heterocycles. The summed E-state index contributed by atoms with van der Waals surface area (Å²) in [5.74, 6) is 0.191. The van der Waals surface area contributed by atoms with Crippen LogP contribution in [-0.2, 0) is 4.74 Å². The van der Waals surface area contributed by atoms with Crippen LogP contribution in [-0.4, -0.2) is 46.3 Å². The zero-order valence-electron chi connectivity index (χ0n) is 15.9. The summed E-state index contributed by atoms with van der Waals surface area (Å²) in [5.41, 5.74) is 1.97. The first-order valence-electron chi connectivity index (χ1n) is 8.42. The van der Waals surface area contributed by atoms with Crippen LogP contribution in [0, 0.1) is 6.92 Å². The Morgan fingerprint density at radius 2 is 1.56 bits per heavy atom. The van der Waals surface area contributed by atoms with Crippen molar-refractivity contribution in [1.82, 2.24) is 5.32 Å². The van der Waals surface area contributed by atoms with Gasteiger partial charge in [0.1, 0.15) is 17.1 Å². The van der Waals surface area contributed by atoms with Crippen molar-refractivity contribution in [3.05, 3.63) is 53.1 Å². The normalized spacial score (nSPS) is 10.2. The Bertz CT molecular complexity index is 798. The summed E-state index contributed by atoms with van der Waals surface area (Å²) in [7, 11) is 4.54. The van der Waals surface area contributed by atoms with Crippen molar-refractivity contribution < 1.29 is 23.8 Å². The molecule has 0 aliphatic rings. The number of methoxy groups -OCH3 is 3. The van der Waals surface area contributed by atoms with Crippen molar-refractivity contribution in [3.63, 3.8) is 0 Å². The van der Waals surface area contributed by atoms with Crippen LogP contribution in [0.15, 0.2) is 36.4 Å². The Hall–Kier alpha value is -3.06. The average Bonchev–Trinajstić information content (AvgIpc) is 2.68. The van der Waals surface area contributed by atoms with Crippen LogP contribution in [0.3, 0.4) is 0 Å². The summed E-state index contributed by atoms with van der Waals surface area (Å²) in [6, 6.07) is 10.3. The first-order chi connectivity index (χ1) is 13.0. The van der Waals surface area contributed by atoms with Gasteiger partial charge < -0.3 is 24.8 Å². The topological polar surface area (TPSA) is 85.9 Å². The Kier molecular flexibility index (Phi) is 7.19. The molecule has 0 heterocycles. The van der Waals surface area contributed by atoms with E-state index in [-0.39, 0.29) is 17.4 Å². The molecule has 0 saturated carbocycles. The molecule has 0 aliphatic carbocycles. The number of benzene rings is 2. The van der Waals surface area contributed by atoms with Crippen molar-refractivity contribution in [2.45, 2.75) is 6.92 Å². The number of hydrogen-bond acceptors (Lipinski definition) is 5. The van der Waals surface area contributed by atoms with Gasteiger partial charge in [0.25, 0.3) is 11.8 Å². The third kappa shape index (κ3) is 4.77. The molecule has 27 heavy (non-hydrogen) atoms. The van der Waals surface area contributed by atoms with Gasteiger partial charge in [-0.05, 0) is 36.8 Å². The number of rotatable bonds is 8. The maximum Gasteiger partial charge on any atom is 0.263 e. The van der Waals surface area contributed by atoms with Gasteiger partial charge in [-0.2, -0.15) is 0 Å². The molecule has 144 valence electrons. The van der Waals surface area contributed by atoms with E-state index in [1.54, 1.807) is 50.4 Å². The number of hydrogen-bond donors (Lipinski definition) is 2. The third-order valence-electron chi connectivity index (χ3n) is 4.07. The summed E-state index contributed by atoms with van der Waals surface area (Å²) < 4.78 is 15.5. The van der Waals surface area contributed by atoms with Gasteiger partial charge in [0.05, 0.1) is 20.8 Å². The molecule has 0 atom stereocenters. The van der Waals surface area contributed by atoms with Crippen molar-refractivity contribution in [1.29, 1.82) is 0 Å². The van der Waals surface area contributed by atoms with Crippen LogP contribution in [0.1, 0.15) is 26.3 Å². The molecular weight excluding hydrogens is 348 g/mol. The number of anilines is 1. The van der Waals surface area contributed by atoms with Crippen LogP contribution in [0.4, 0.5) is 5.69 Å². The van der Waals surface area contributed by atoms with Gasteiger partial charge in [-0.1, -0.05) is 12.1 Å². The van der Waals surface area contributed by atoms with Crippen molar-refractivity contribution in [3.8, 4) is 11.5 Å². The van der Waals surface area contributed by atoms with Crippen LogP contribution < -0.4 is 20.1 Å². The average molecular weight is 372 g/mol. The first-order valence-corrected chi connectivity index (χ1v) is 8.42. The number of ether oxygens (including phenoxy) is 3. The maximum absolute atomic E-state index is 12.8. The third-order valence-corrected chi connectivity index (χ3v) is 4.07. The fourth-order valence-electron chi connectivity index (χ4n) is 2.64. The largest absolute Gasteiger partial charge is 0.496 e. The van der Waals surface area contributed by atoms with Gasteiger partial charge in [0, 0.05) is 24.9 Å². The predicted octanol–water partition coefficient (Wildman–Crippen LogP) is 2.64. The number of carbonyl (C=O) groups is 2.